The molecule has 0 aromatic heterocycles. The van der Waals surface area contributed by atoms with Gasteiger partial charge in [0.25, 0.3) is 0 Å². The van der Waals surface area contributed by atoms with Gasteiger partial charge in [0.1, 0.15) is 8.24 Å². The summed E-state index contributed by atoms with van der Waals surface area (Å²) in [4.78, 5) is 0. The Hall–Kier alpha value is -0.940. The third-order valence-corrected chi connectivity index (χ3v) is 5.75. The molecular weight excluding hydrogens is 338 g/mol. The second-order valence-corrected chi connectivity index (χ2v) is 13.5. The zero-order chi connectivity index (χ0) is 15.2. The van der Waals surface area contributed by atoms with Crippen molar-refractivity contribution in [2.45, 2.75) is 19.6 Å². The largest absolute Gasteiger partial charge is 0.351 e. The Labute approximate surface area is 135 Å². The van der Waals surface area contributed by atoms with Gasteiger partial charge in [-0.25, -0.2) is 0 Å². The van der Waals surface area contributed by atoms with E-state index in [-0.39, 0.29) is 0 Å². The van der Waals surface area contributed by atoms with Crippen LogP contribution in [0.15, 0.2) is 78.8 Å². The topological polar surface area (TPSA) is 26.0 Å². The van der Waals surface area contributed by atoms with Gasteiger partial charge in [0.15, 0.2) is 0 Å². The molecule has 3 heteroatoms. The minimum atomic E-state index is -1.11. The second kappa shape index (κ2) is 7.74. The first-order chi connectivity index (χ1) is 9.35. The quantitative estimate of drug-likeness (QED) is 0.581. The number of allylic oxidation sites excluding steroid dienone is 10. The molecule has 2 aliphatic rings. The van der Waals surface area contributed by atoms with Gasteiger partial charge in [0, 0.05) is 0 Å². The van der Waals surface area contributed by atoms with Gasteiger partial charge in [-0.05, 0) is 0 Å². The molecule has 0 atom stereocenters. The summed E-state index contributed by atoms with van der Waals surface area (Å²) in [7, 11) is -1.11. The summed E-state index contributed by atoms with van der Waals surface area (Å²) in [6.07, 6.45) is 12.7. The molecule has 0 aromatic carbocycles. The molecule has 0 radical (unpaired) electrons. The Bertz CT molecular complexity index is 545. The van der Waals surface area contributed by atoms with Crippen LogP contribution in [0.1, 0.15) is 0 Å². The Balaban J connectivity index is 0.000000347. The van der Waals surface area contributed by atoms with Crippen molar-refractivity contribution in [3.8, 4) is 0 Å². The minimum Gasteiger partial charge on any atom is -0.351 e. The third-order valence-electron chi connectivity index (χ3n) is 2.28. The third kappa shape index (κ3) is 6.01. The molecule has 0 unspecified atom stereocenters. The van der Waals surface area contributed by atoms with Crippen LogP contribution in [-0.2, 0) is 23.2 Å². The monoisotopic (exact) mass is 357 g/mol. The summed E-state index contributed by atoms with van der Waals surface area (Å²) >= 11 is -0.733. The van der Waals surface area contributed by atoms with E-state index in [2.05, 4.69) is 80.7 Å². The predicted molar refractivity (Wildman–Crippen MR) is 87.3 cm³/mol. The van der Waals surface area contributed by atoms with Crippen molar-refractivity contribution in [3.63, 3.8) is 0 Å². The molecule has 2 rings (SSSR count). The first kappa shape index (κ1) is 17.1. The van der Waals surface area contributed by atoms with Crippen LogP contribution in [0.4, 0.5) is 0 Å². The van der Waals surface area contributed by atoms with E-state index in [0.29, 0.717) is 0 Å². The molecule has 2 N–H and O–H groups in total. The van der Waals surface area contributed by atoms with Gasteiger partial charge in [0.2, 0.25) is 0 Å². The number of rotatable bonds is 2. The molecule has 20 heavy (non-hydrogen) atoms. The molecule has 102 valence electrons. The summed E-state index contributed by atoms with van der Waals surface area (Å²) in [5.74, 6) is 0. The van der Waals surface area contributed by atoms with E-state index in [9.17, 15) is 0 Å². The fourth-order valence-corrected chi connectivity index (χ4v) is 4.61. The fourth-order valence-electron chi connectivity index (χ4n) is 1.51. The summed E-state index contributed by atoms with van der Waals surface area (Å²) < 4.78 is 2.85. The van der Waals surface area contributed by atoms with E-state index in [1.807, 2.05) is 0 Å². The predicted octanol–water partition coefficient (Wildman–Crippen LogP) is 4.18. The molecule has 0 aromatic rings. The summed E-state index contributed by atoms with van der Waals surface area (Å²) in [5, 5.41) is 5.49. The maximum atomic E-state index is 5.49. The molecule has 0 bridgehead atoms. The molecular formula is C17H21NSiZr. The van der Waals surface area contributed by atoms with E-state index < -0.39 is 31.5 Å². The Morgan fingerprint density at radius 2 is 1.30 bits per heavy atom. The molecule has 1 nitrogen and oxygen atoms in total. The smallest absolute Gasteiger partial charge is 0.113 e. The van der Waals surface area contributed by atoms with Crippen molar-refractivity contribution in [1.29, 1.82) is 0 Å². The van der Waals surface area contributed by atoms with Crippen LogP contribution in [0.25, 0.3) is 0 Å². The Morgan fingerprint density at radius 3 is 1.60 bits per heavy atom. The van der Waals surface area contributed by atoms with Gasteiger partial charge in [0.05, 0.1) is 0 Å². The maximum absolute atomic E-state index is 5.49. The van der Waals surface area contributed by atoms with Gasteiger partial charge in [-0.1, -0.05) is 19.6 Å². The zero-order valence-corrected chi connectivity index (χ0v) is 15.9. The van der Waals surface area contributed by atoms with Crippen molar-refractivity contribution in [3.05, 3.63) is 78.8 Å². The average Bonchev–Trinajstić information content (AvgIpc) is 2.96. The molecule has 0 heterocycles. The van der Waals surface area contributed by atoms with Gasteiger partial charge >= 0.3 is 102 Å². The van der Waals surface area contributed by atoms with Crippen LogP contribution in [0.3, 0.4) is 0 Å². The second-order valence-electron chi connectivity index (χ2n) is 5.55. The summed E-state index contributed by atoms with van der Waals surface area (Å²) in [5.41, 5.74) is 8.29. The molecule has 0 saturated heterocycles. The summed E-state index contributed by atoms with van der Waals surface area (Å²) in [6.45, 7) is 13.7. The van der Waals surface area contributed by atoms with E-state index in [0.717, 1.165) is 11.1 Å². The van der Waals surface area contributed by atoms with Crippen LogP contribution >= 0.6 is 0 Å². The van der Waals surface area contributed by atoms with Crippen LogP contribution in [0, 0.1) is 0 Å². The van der Waals surface area contributed by atoms with E-state index in [4.69, 9.17) is 5.40 Å². The molecule has 0 aliphatic heterocycles. The standard InChI is InChI=1S/2C7H5.C3H11NSi.Zr/c2*1-2-7-5-3-4-6-7;1-5(2,3)4;/h2*3-5H,1H2;4H2,1-3H3;. The zero-order valence-electron chi connectivity index (χ0n) is 12.5. The van der Waals surface area contributed by atoms with Crippen LogP contribution < -0.4 is 5.40 Å². The van der Waals surface area contributed by atoms with E-state index in [1.54, 1.807) is 0 Å². The molecule has 0 fully saturated rings. The van der Waals surface area contributed by atoms with Crippen molar-refractivity contribution >= 4 is 8.24 Å². The SMILES string of the molecule is C=C=C1C=CC=[C]1[Zr][C]1=CC=CC1=C=C.C[Si](C)(C)N. The summed E-state index contributed by atoms with van der Waals surface area (Å²) in [6, 6.07) is 0. The minimum absolute atomic E-state index is 0.733. The number of hydrogen-bond acceptors (Lipinski definition) is 1. The first-order valence-electron chi connectivity index (χ1n) is 6.48. The van der Waals surface area contributed by atoms with Gasteiger partial charge in [-0.2, -0.15) is 0 Å². The molecule has 0 amide bonds. The van der Waals surface area contributed by atoms with Crippen molar-refractivity contribution in [2.24, 2.45) is 5.40 Å². The normalized spacial score (nSPS) is 16.0. The van der Waals surface area contributed by atoms with Gasteiger partial charge in [-0.3, -0.25) is 0 Å². The van der Waals surface area contributed by atoms with Crippen LogP contribution in [-0.4, -0.2) is 8.24 Å². The van der Waals surface area contributed by atoms with Crippen molar-refractivity contribution < 1.29 is 23.2 Å². The fraction of sp³-hybridized carbons (Fsp3) is 0.176. The molecule has 0 spiro atoms. The van der Waals surface area contributed by atoms with Gasteiger partial charge < -0.3 is 5.40 Å². The van der Waals surface area contributed by atoms with Crippen molar-refractivity contribution in [1.82, 2.24) is 0 Å². The van der Waals surface area contributed by atoms with E-state index >= 15 is 0 Å². The van der Waals surface area contributed by atoms with Gasteiger partial charge in [-0.15, -0.1) is 0 Å². The van der Waals surface area contributed by atoms with Crippen LogP contribution in [0.5, 0.6) is 0 Å². The Kier molecular flexibility index (Phi) is 6.62. The molecule has 2 aliphatic carbocycles. The number of hydrogen-bond donors (Lipinski definition) is 1. The average molecular weight is 359 g/mol. The van der Waals surface area contributed by atoms with Crippen molar-refractivity contribution in [2.75, 3.05) is 0 Å². The molecule has 0 saturated carbocycles. The maximum Gasteiger partial charge on any atom is 0.113 e. The first-order valence-corrected chi connectivity index (χ1v) is 12.5. The Morgan fingerprint density at radius 1 is 0.950 bits per heavy atom. The number of nitrogens with two attached hydrogens (primary N) is 1. The van der Waals surface area contributed by atoms with Crippen LogP contribution in [0.2, 0.25) is 19.6 Å². The van der Waals surface area contributed by atoms with E-state index in [1.165, 1.54) is 6.56 Å².